The van der Waals surface area contributed by atoms with Gasteiger partial charge in [-0.05, 0) is 69.5 Å². The van der Waals surface area contributed by atoms with Crippen molar-refractivity contribution in [2.75, 3.05) is 6.61 Å². The molecule has 2 atom stereocenters. The van der Waals surface area contributed by atoms with Crippen molar-refractivity contribution in [3.05, 3.63) is 60.2 Å². The monoisotopic (exact) mass is 418 g/mol. The Kier molecular flexibility index (Phi) is 5.89. The maximum Gasteiger partial charge on any atom is 0.339 e. The number of rotatable bonds is 4. The van der Waals surface area contributed by atoms with Crippen LogP contribution in [0.4, 0.5) is 0 Å². The number of hydrogen-bond acceptors (Lipinski definition) is 5. The van der Waals surface area contributed by atoms with Crippen LogP contribution in [0.1, 0.15) is 43.5 Å². The van der Waals surface area contributed by atoms with Gasteiger partial charge in [0.25, 0.3) is 5.91 Å². The first kappa shape index (κ1) is 20.8. The van der Waals surface area contributed by atoms with Gasteiger partial charge in [-0.1, -0.05) is 18.2 Å². The Hall–Kier alpha value is -3.41. The van der Waals surface area contributed by atoms with Gasteiger partial charge in [0.1, 0.15) is 5.75 Å². The van der Waals surface area contributed by atoms with Gasteiger partial charge in [-0.2, -0.15) is 0 Å². The SMILES string of the molecule is C[C@@H]1CCC[C@H](C)N1C(=O)COC(=O)c1cc(-c2ccc(O)cc2)nc2ccccc12. The maximum atomic E-state index is 13.0. The number of amides is 1. The van der Waals surface area contributed by atoms with Crippen LogP contribution in [0, 0.1) is 0 Å². The lowest BCUT2D eigenvalue weighted by atomic mass is 9.97. The molecule has 1 amide bonds. The van der Waals surface area contributed by atoms with E-state index < -0.39 is 5.97 Å². The molecule has 3 aromatic rings. The Labute approximate surface area is 181 Å². The summed E-state index contributed by atoms with van der Waals surface area (Å²) in [6.45, 7) is 3.80. The molecular weight excluding hydrogens is 392 g/mol. The molecule has 0 bridgehead atoms. The zero-order valence-electron chi connectivity index (χ0n) is 17.7. The molecule has 0 saturated carbocycles. The topological polar surface area (TPSA) is 79.7 Å². The molecule has 2 aromatic carbocycles. The van der Waals surface area contributed by atoms with Gasteiger partial charge in [-0.15, -0.1) is 0 Å². The van der Waals surface area contributed by atoms with Crippen LogP contribution in [-0.4, -0.2) is 45.6 Å². The van der Waals surface area contributed by atoms with Gasteiger partial charge in [0.15, 0.2) is 6.61 Å². The number of nitrogens with zero attached hydrogens (tertiary/aromatic N) is 2. The Morgan fingerprint density at radius 3 is 2.45 bits per heavy atom. The largest absolute Gasteiger partial charge is 0.508 e. The molecule has 1 saturated heterocycles. The molecule has 0 spiro atoms. The number of benzene rings is 2. The average molecular weight is 418 g/mol. The molecule has 31 heavy (non-hydrogen) atoms. The van der Waals surface area contributed by atoms with Crippen molar-refractivity contribution in [1.29, 1.82) is 0 Å². The summed E-state index contributed by atoms with van der Waals surface area (Å²) in [5.41, 5.74) is 2.38. The third kappa shape index (κ3) is 4.38. The van der Waals surface area contributed by atoms with Gasteiger partial charge < -0.3 is 14.7 Å². The average Bonchev–Trinajstić information content (AvgIpc) is 2.77. The molecule has 0 radical (unpaired) electrons. The maximum absolute atomic E-state index is 13.0. The van der Waals surface area contributed by atoms with Crippen LogP contribution in [0.2, 0.25) is 0 Å². The fourth-order valence-corrected chi connectivity index (χ4v) is 4.32. The predicted molar refractivity (Wildman–Crippen MR) is 119 cm³/mol. The van der Waals surface area contributed by atoms with Crippen LogP contribution in [-0.2, 0) is 9.53 Å². The zero-order chi connectivity index (χ0) is 22.0. The highest BCUT2D eigenvalue weighted by atomic mass is 16.5. The van der Waals surface area contributed by atoms with Crippen LogP contribution in [0.5, 0.6) is 5.75 Å². The molecular formula is C25H26N2O4. The quantitative estimate of drug-likeness (QED) is 0.629. The Morgan fingerprint density at radius 1 is 1.06 bits per heavy atom. The number of fused-ring (bicyclic) bond motifs is 1. The molecule has 1 aliphatic heterocycles. The van der Waals surface area contributed by atoms with E-state index in [4.69, 9.17) is 4.74 Å². The molecule has 1 aliphatic rings. The Morgan fingerprint density at radius 2 is 1.74 bits per heavy atom. The van der Waals surface area contributed by atoms with E-state index in [-0.39, 0.29) is 30.3 Å². The van der Waals surface area contributed by atoms with E-state index in [0.717, 1.165) is 24.8 Å². The normalized spacial score (nSPS) is 18.7. The number of pyridine rings is 1. The minimum Gasteiger partial charge on any atom is -0.508 e. The summed E-state index contributed by atoms with van der Waals surface area (Å²) < 4.78 is 5.46. The van der Waals surface area contributed by atoms with E-state index in [2.05, 4.69) is 4.98 Å². The molecule has 0 aliphatic carbocycles. The lowest BCUT2D eigenvalue weighted by Gasteiger charge is -2.38. The number of likely N-dealkylation sites (tertiary alicyclic amines) is 1. The van der Waals surface area contributed by atoms with Gasteiger partial charge in [0, 0.05) is 23.0 Å². The zero-order valence-corrected chi connectivity index (χ0v) is 17.7. The number of hydrogen-bond donors (Lipinski definition) is 1. The number of aromatic hydroxyl groups is 1. The molecule has 1 N–H and O–H groups in total. The van der Waals surface area contributed by atoms with Crippen molar-refractivity contribution in [3.8, 4) is 17.0 Å². The number of esters is 1. The number of piperidine rings is 1. The van der Waals surface area contributed by atoms with Crippen molar-refractivity contribution in [2.45, 2.75) is 45.2 Å². The van der Waals surface area contributed by atoms with Crippen LogP contribution in [0.25, 0.3) is 22.2 Å². The molecule has 1 aromatic heterocycles. The van der Waals surface area contributed by atoms with Gasteiger partial charge >= 0.3 is 5.97 Å². The number of phenols is 1. The first-order chi connectivity index (χ1) is 14.9. The summed E-state index contributed by atoms with van der Waals surface area (Å²) >= 11 is 0. The number of aromatic nitrogens is 1. The molecule has 0 unspecified atom stereocenters. The molecule has 1 fully saturated rings. The minimum atomic E-state index is -0.552. The van der Waals surface area contributed by atoms with Crippen LogP contribution >= 0.6 is 0 Å². The third-order valence-corrected chi connectivity index (χ3v) is 5.91. The van der Waals surface area contributed by atoms with Crippen molar-refractivity contribution in [3.63, 3.8) is 0 Å². The highest BCUT2D eigenvalue weighted by Gasteiger charge is 2.29. The fourth-order valence-electron chi connectivity index (χ4n) is 4.32. The van der Waals surface area contributed by atoms with Crippen molar-refractivity contribution in [2.24, 2.45) is 0 Å². The van der Waals surface area contributed by atoms with Gasteiger partial charge in [0.2, 0.25) is 0 Å². The Balaban J connectivity index is 1.59. The second-order valence-corrected chi connectivity index (χ2v) is 8.13. The van der Waals surface area contributed by atoms with Crippen molar-refractivity contribution >= 4 is 22.8 Å². The van der Waals surface area contributed by atoms with E-state index in [9.17, 15) is 14.7 Å². The summed E-state index contributed by atoms with van der Waals surface area (Å²) in [5, 5.41) is 10.2. The van der Waals surface area contributed by atoms with E-state index in [1.165, 1.54) is 0 Å². The standard InChI is InChI=1S/C25H26N2O4/c1-16-6-5-7-17(2)27(16)24(29)15-31-25(30)21-14-23(18-10-12-19(28)13-11-18)26-22-9-4-3-8-20(21)22/h3-4,8-14,16-17,28H,5-7,15H2,1-2H3/t16-,17+. The molecule has 6 nitrogen and oxygen atoms in total. The van der Waals surface area contributed by atoms with Crippen molar-refractivity contribution < 1.29 is 19.4 Å². The second kappa shape index (κ2) is 8.76. The predicted octanol–water partition coefficient (Wildman–Crippen LogP) is 4.55. The Bertz CT molecular complexity index is 1100. The fraction of sp³-hybridized carbons (Fsp3) is 0.320. The number of carbonyl (C=O) groups excluding carboxylic acids is 2. The van der Waals surface area contributed by atoms with E-state index in [1.54, 1.807) is 30.3 Å². The molecule has 2 heterocycles. The third-order valence-electron chi connectivity index (χ3n) is 5.91. The number of para-hydroxylation sites is 1. The molecule has 4 rings (SSSR count). The van der Waals surface area contributed by atoms with E-state index >= 15 is 0 Å². The lowest BCUT2D eigenvalue weighted by Crippen LogP contribution is -2.49. The first-order valence-electron chi connectivity index (χ1n) is 10.6. The molecule has 160 valence electrons. The first-order valence-corrected chi connectivity index (χ1v) is 10.6. The highest BCUT2D eigenvalue weighted by Crippen LogP contribution is 2.27. The van der Waals surface area contributed by atoms with Crippen LogP contribution < -0.4 is 0 Å². The summed E-state index contributed by atoms with van der Waals surface area (Å²) in [6, 6.07) is 15.9. The summed E-state index contributed by atoms with van der Waals surface area (Å²) in [5.74, 6) is -0.557. The number of phenolic OH excluding ortho intramolecular Hbond substituents is 1. The second-order valence-electron chi connectivity index (χ2n) is 8.13. The van der Waals surface area contributed by atoms with Gasteiger partial charge in [0.05, 0.1) is 16.8 Å². The van der Waals surface area contributed by atoms with E-state index in [1.807, 2.05) is 43.0 Å². The highest BCUT2D eigenvalue weighted by molar-refractivity contribution is 6.05. The minimum absolute atomic E-state index is 0.151. The van der Waals surface area contributed by atoms with Crippen molar-refractivity contribution in [1.82, 2.24) is 9.88 Å². The van der Waals surface area contributed by atoms with Crippen LogP contribution in [0.15, 0.2) is 54.6 Å². The van der Waals surface area contributed by atoms with E-state index in [0.29, 0.717) is 22.2 Å². The summed E-state index contributed by atoms with van der Waals surface area (Å²) in [4.78, 5) is 32.2. The van der Waals surface area contributed by atoms with Gasteiger partial charge in [-0.25, -0.2) is 9.78 Å². The van der Waals surface area contributed by atoms with Gasteiger partial charge in [-0.3, -0.25) is 4.79 Å². The van der Waals surface area contributed by atoms with Crippen LogP contribution in [0.3, 0.4) is 0 Å². The molecule has 6 heteroatoms. The summed E-state index contributed by atoms with van der Waals surface area (Å²) in [6.07, 6.45) is 3.04. The lowest BCUT2D eigenvalue weighted by molar-refractivity contribution is -0.140. The number of carbonyl (C=O) groups is 2. The summed E-state index contributed by atoms with van der Waals surface area (Å²) in [7, 11) is 0. The number of ether oxygens (including phenoxy) is 1. The smallest absolute Gasteiger partial charge is 0.339 e.